The van der Waals surface area contributed by atoms with Crippen molar-refractivity contribution in [2.75, 3.05) is 5.75 Å². The number of benzene rings is 1. The van der Waals surface area contributed by atoms with E-state index >= 15 is 0 Å². The molecular weight excluding hydrogens is 188 g/mol. The Labute approximate surface area is 77.7 Å². The maximum atomic E-state index is 11.4. The molecule has 0 unspecified atom stereocenters. The summed E-state index contributed by atoms with van der Waals surface area (Å²) < 4.78 is 19.3. The summed E-state index contributed by atoms with van der Waals surface area (Å²) in [5.41, 5.74) is 0.466. The lowest BCUT2D eigenvalue weighted by atomic mass is 10.1. The zero-order chi connectivity index (χ0) is 9.47. The van der Waals surface area contributed by atoms with Crippen LogP contribution in [-0.4, -0.2) is 20.6 Å². The summed E-state index contributed by atoms with van der Waals surface area (Å²) in [6, 6.07) is 6.70. The zero-order valence-corrected chi connectivity index (χ0v) is 7.75. The molecule has 0 radical (unpaired) electrons. The molecule has 13 heavy (non-hydrogen) atoms. The summed E-state index contributed by atoms with van der Waals surface area (Å²) >= 11 is 0. The average Bonchev–Trinajstić information content (AvgIpc) is 2.13. The predicted octanol–water partition coefficient (Wildman–Crippen LogP) is 2.38. The highest BCUT2D eigenvalue weighted by molar-refractivity contribution is 8.24. The Bertz CT molecular complexity index is 360. The molecule has 1 heterocycles. The number of rotatable bonds is 0. The van der Waals surface area contributed by atoms with Crippen molar-refractivity contribution in [1.82, 2.24) is 0 Å². The second-order valence-corrected chi connectivity index (χ2v) is 5.22. The summed E-state index contributed by atoms with van der Waals surface area (Å²) in [7, 11) is -2.70. The van der Waals surface area contributed by atoms with Gasteiger partial charge < -0.3 is 0 Å². The van der Waals surface area contributed by atoms with Crippen LogP contribution in [0.1, 0.15) is 16.8 Å². The minimum absolute atomic E-state index is 0.00169. The monoisotopic (exact) mass is 198 g/mol. The summed E-state index contributed by atoms with van der Waals surface area (Å²) in [5.74, 6) is 0.171. The molecule has 1 aliphatic heterocycles. The first-order chi connectivity index (χ1) is 6.11. The Morgan fingerprint density at radius 1 is 1.23 bits per heavy atom. The topological polar surface area (TPSA) is 57.5 Å². The van der Waals surface area contributed by atoms with Crippen LogP contribution in [-0.2, 0) is 0 Å². The highest BCUT2D eigenvalue weighted by Crippen LogP contribution is 2.52. The number of hydrogen-bond acceptors (Lipinski definition) is 3. The van der Waals surface area contributed by atoms with E-state index in [1.54, 1.807) is 24.3 Å². The van der Waals surface area contributed by atoms with Gasteiger partial charge in [-0.3, -0.25) is 13.9 Å². The fourth-order valence-electron chi connectivity index (χ4n) is 1.46. The largest absolute Gasteiger partial charge is 0.295 e. The number of Topliss-reactive ketones (excluding diaryl/α,β-unsaturated/α-hetero) is 1. The Kier molecular flexibility index (Phi) is 1.91. The fourth-order valence-corrected chi connectivity index (χ4v) is 2.98. The molecule has 0 bridgehead atoms. The van der Waals surface area contributed by atoms with Crippen LogP contribution in [0.15, 0.2) is 29.2 Å². The van der Waals surface area contributed by atoms with Crippen molar-refractivity contribution in [3.8, 4) is 0 Å². The van der Waals surface area contributed by atoms with E-state index in [4.69, 9.17) is 0 Å². The van der Waals surface area contributed by atoms with Crippen molar-refractivity contribution in [2.45, 2.75) is 11.3 Å². The average molecular weight is 198 g/mol. The summed E-state index contributed by atoms with van der Waals surface area (Å²) in [5, 5.41) is 0. The molecule has 2 rings (SSSR count). The van der Waals surface area contributed by atoms with E-state index in [0.717, 1.165) is 0 Å². The fraction of sp³-hybridized carbons (Fsp3) is 0.222. The molecule has 1 aromatic rings. The van der Waals surface area contributed by atoms with Crippen molar-refractivity contribution < 1.29 is 13.9 Å². The molecule has 0 aromatic heterocycles. The van der Waals surface area contributed by atoms with Crippen molar-refractivity contribution >= 4 is 16.4 Å². The first-order valence-corrected chi connectivity index (χ1v) is 5.71. The molecule has 70 valence electrons. The van der Waals surface area contributed by atoms with Crippen molar-refractivity contribution in [3.05, 3.63) is 29.8 Å². The van der Waals surface area contributed by atoms with Crippen LogP contribution in [0.5, 0.6) is 0 Å². The third-order valence-corrected chi connectivity index (χ3v) is 3.99. The van der Waals surface area contributed by atoms with E-state index in [2.05, 4.69) is 0 Å². The van der Waals surface area contributed by atoms with E-state index < -0.39 is 10.6 Å². The Balaban J connectivity index is 2.61. The van der Waals surface area contributed by atoms with E-state index in [1.807, 2.05) is 0 Å². The normalized spacial score (nSPS) is 22.2. The maximum absolute atomic E-state index is 11.4. The molecule has 1 aromatic carbocycles. The number of fused-ring (bicyclic) bond motifs is 1. The highest BCUT2D eigenvalue weighted by Gasteiger charge is 2.28. The van der Waals surface area contributed by atoms with Gasteiger partial charge in [0.2, 0.25) is 0 Å². The molecule has 2 N–H and O–H groups in total. The predicted molar refractivity (Wildman–Crippen MR) is 51.4 cm³/mol. The number of ketones is 1. The van der Waals surface area contributed by atoms with Gasteiger partial charge in [0.25, 0.3) is 0 Å². The molecule has 0 amide bonds. The number of carbonyl (C=O) groups excluding carboxylic acids is 1. The summed E-state index contributed by atoms with van der Waals surface area (Å²) in [6.45, 7) is 0. The van der Waals surface area contributed by atoms with Crippen LogP contribution < -0.4 is 0 Å². The van der Waals surface area contributed by atoms with E-state index in [9.17, 15) is 13.9 Å². The van der Waals surface area contributed by atoms with E-state index in [0.29, 0.717) is 10.5 Å². The molecular formula is C9H10O3S. The second-order valence-electron chi connectivity index (χ2n) is 3.04. The lowest BCUT2D eigenvalue weighted by Gasteiger charge is -2.36. The van der Waals surface area contributed by atoms with Gasteiger partial charge in [-0.15, -0.1) is 0 Å². The van der Waals surface area contributed by atoms with Crippen molar-refractivity contribution in [2.24, 2.45) is 0 Å². The van der Waals surface area contributed by atoms with Gasteiger partial charge in [0.15, 0.2) is 5.78 Å². The highest BCUT2D eigenvalue weighted by atomic mass is 32.3. The third-order valence-electron chi connectivity index (χ3n) is 2.15. The number of hydrogen-bond donors (Lipinski definition) is 2. The SMILES string of the molecule is O=C1CCS(O)(O)c2ccccc21. The van der Waals surface area contributed by atoms with Gasteiger partial charge in [0.05, 0.1) is 4.90 Å². The lowest BCUT2D eigenvalue weighted by molar-refractivity contribution is 0.0981. The number of carbonyl (C=O) groups is 1. The molecule has 0 saturated heterocycles. The van der Waals surface area contributed by atoms with Gasteiger partial charge in [0, 0.05) is 17.7 Å². The Morgan fingerprint density at radius 3 is 2.62 bits per heavy atom. The Hall–Kier alpha value is -0.840. The Morgan fingerprint density at radius 2 is 1.92 bits per heavy atom. The smallest absolute Gasteiger partial charge is 0.166 e. The summed E-state index contributed by atoms with van der Waals surface area (Å²) in [6.07, 6.45) is 0.235. The van der Waals surface area contributed by atoms with Crippen molar-refractivity contribution in [1.29, 1.82) is 0 Å². The van der Waals surface area contributed by atoms with Gasteiger partial charge in [0.1, 0.15) is 0 Å². The maximum Gasteiger partial charge on any atom is 0.166 e. The molecule has 0 saturated carbocycles. The first kappa shape index (κ1) is 8.74. The molecule has 0 aliphatic carbocycles. The van der Waals surface area contributed by atoms with E-state index in [-0.39, 0.29) is 18.0 Å². The molecule has 0 spiro atoms. The molecule has 3 nitrogen and oxygen atoms in total. The van der Waals surface area contributed by atoms with E-state index in [1.165, 1.54) is 0 Å². The molecule has 1 aliphatic rings. The van der Waals surface area contributed by atoms with Crippen LogP contribution in [0.25, 0.3) is 0 Å². The first-order valence-electron chi connectivity index (χ1n) is 3.99. The quantitative estimate of drug-likeness (QED) is 0.673. The minimum atomic E-state index is -2.70. The van der Waals surface area contributed by atoms with Crippen LogP contribution in [0, 0.1) is 0 Å². The van der Waals surface area contributed by atoms with Crippen LogP contribution in [0.4, 0.5) is 0 Å². The van der Waals surface area contributed by atoms with Crippen LogP contribution in [0.2, 0.25) is 0 Å². The van der Waals surface area contributed by atoms with Crippen LogP contribution in [0.3, 0.4) is 0 Å². The molecule has 0 atom stereocenters. The standard InChI is InChI=1S/C9H10O3S/c10-8-5-6-13(11,12)9-4-2-1-3-7(8)9/h1-4,11-12H,5-6H2. The van der Waals surface area contributed by atoms with Gasteiger partial charge in [-0.1, -0.05) is 12.1 Å². The molecule has 4 heteroatoms. The molecule has 0 fully saturated rings. The second kappa shape index (κ2) is 2.83. The zero-order valence-electron chi connectivity index (χ0n) is 6.93. The van der Waals surface area contributed by atoms with Crippen molar-refractivity contribution in [3.63, 3.8) is 0 Å². The van der Waals surface area contributed by atoms with Gasteiger partial charge in [-0.2, -0.15) is 10.6 Å². The minimum Gasteiger partial charge on any atom is -0.295 e. The van der Waals surface area contributed by atoms with Gasteiger partial charge in [-0.05, 0) is 12.1 Å². The third kappa shape index (κ3) is 1.37. The summed E-state index contributed by atoms with van der Waals surface area (Å²) in [4.78, 5) is 11.8. The lowest BCUT2D eigenvalue weighted by Crippen LogP contribution is -2.18. The van der Waals surface area contributed by atoms with Gasteiger partial charge >= 0.3 is 0 Å². The van der Waals surface area contributed by atoms with Gasteiger partial charge in [-0.25, -0.2) is 0 Å². The van der Waals surface area contributed by atoms with Crippen LogP contribution >= 0.6 is 10.6 Å².